The van der Waals surface area contributed by atoms with Gasteiger partial charge >= 0.3 is 0 Å². The number of rotatable bonds is 9. The Kier molecular flexibility index (Phi) is 7.59. The quantitative estimate of drug-likeness (QED) is 0.243. The van der Waals surface area contributed by atoms with Gasteiger partial charge in [-0.05, 0) is 50.6 Å². The van der Waals surface area contributed by atoms with Gasteiger partial charge in [-0.2, -0.15) is 0 Å². The third-order valence-corrected chi connectivity index (χ3v) is 5.78. The molecule has 1 amide bonds. The summed E-state index contributed by atoms with van der Waals surface area (Å²) in [6.45, 7) is 6.90. The predicted molar refractivity (Wildman–Crippen MR) is 138 cm³/mol. The number of carbonyl (C=O) groups is 2. The van der Waals surface area contributed by atoms with Crippen LogP contribution in [0.1, 0.15) is 37.9 Å². The number of hydrogen-bond donors (Lipinski definition) is 1. The van der Waals surface area contributed by atoms with Crippen LogP contribution < -0.4 is 19.1 Å². The first kappa shape index (κ1) is 24.9. The molecule has 1 unspecified atom stereocenters. The largest absolute Gasteiger partial charge is 0.507 e. The lowest BCUT2D eigenvalue weighted by molar-refractivity contribution is -0.132. The van der Waals surface area contributed by atoms with E-state index in [4.69, 9.17) is 14.2 Å². The highest BCUT2D eigenvalue weighted by Crippen LogP contribution is 2.44. The highest BCUT2D eigenvalue weighted by atomic mass is 16.5. The van der Waals surface area contributed by atoms with Gasteiger partial charge in [0.25, 0.3) is 11.7 Å². The standard InChI is InChI=1S/C29H29NO6/c1-4-34-22-14-10-13-20(17-22)27(31)25-26(19-11-8-7-9-12-19)30(29(33)28(25)32)21-15-16-23(35-5-2)24(18-21)36-6-3/h7-18,26,31H,4-6H2,1-3H3/b27-25+. The zero-order valence-electron chi connectivity index (χ0n) is 20.6. The second-order valence-corrected chi connectivity index (χ2v) is 8.04. The molecule has 0 saturated carbocycles. The summed E-state index contributed by atoms with van der Waals surface area (Å²) < 4.78 is 17.0. The number of ether oxygens (including phenoxy) is 3. The summed E-state index contributed by atoms with van der Waals surface area (Å²) in [5.74, 6) is -0.200. The summed E-state index contributed by atoms with van der Waals surface area (Å²) in [5, 5.41) is 11.3. The minimum absolute atomic E-state index is 0.00620. The number of nitrogens with zero attached hydrogens (tertiary/aromatic N) is 1. The van der Waals surface area contributed by atoms with Gasteiger partial charge in [-0.25, -0.2) is 0 Å². The highest BCUT2D eigenvalue weighted by molar-refractivity contribution is 6.51. The first-order valence-corrected chi connectivity index (χ1v) is 12.0. The van der Waals surface area contributed by atoms with Crippen LogP contribution in [0, 0.1) is 0 Å². The van der Waals surface area contributed by atoms with Crippen molar-refractivity contribution in [2.45, 2.75) is 26.8 Å². The average molecular weight is 488 g/mol. The van der Waals surface area contributed by atoms with Crippen molar-refractivity contribution in [3.8, 4) is 17.2 Å². The minimum Gasteiger partial charge on any atom is -0.507 e. The Morgan fingerprint density at radius 3 is 2.19 bits per heavy atom. The number of aliphatic hydroxyl groups is 1. The van der Waals surface area contributed by atoms with Crippen LogP contribution in [0.4, 0.5) is 5.69 Å². The highest BCUT2D eigenvalue weighted by Gasteiger charge is 2.47. The van der Waals surface area contributed by atoms with Crippen LogP contribution in [0.25, 0.3) is 5.76 Å². The molecule has 3 aromatic rings. The van der Waals surface area contributed by atoms with Gasteiger partial charge in [0.2, 0.25) is 0 Å². The molecule has 1 aliphatic heterocycles. The smallest absolute Gasteiger partial charge is 0.300 e. The van der Waals surface area contributed by atoms with Crippen molar-refractivity contribution in [1.82, 2.24) is 0 Å². The molecule has 4 rings (SSSR count). The van der Waals surface area contributed by atoms with E-state index in [-0.39, 0.29) is 11.3 Å². The fraction of sp³-hybridized carbons (Fsp3) is 0.241. The number of aliphatic hydroxyl groups excluding tert-OH is 1. The summed E-state index contributed by atoms with van der Waals surface area (Å²) in [4.78, 5) is 28.2. The van der Waals surface area contributed by atoms with E-state index in [1.165, 1.54) is 4.90 Å². The molecule has 0 spiro atoms. The van der Waals surface area contributed by atoms with Crippen molar-refractivity contribution in [3.63, 3.8) is 0 Å². The summed E-state index contributed by atoms with van der Waals surface area (Å²) in [6.07, 6.45) is 0. The van der Waals surface area contributed by atoms with E-state index in [1.54, 1.807) is 42.5 Å². The van der Waals surface area contributed by atoms with E-state index < -0.39 is 17.7 Å². The van der Waals surface area contributed by atoms with Gasteiger partial charge in [-0.1, -0.05) is 42.5 Å². The van der Waals surface area contributed by atoms with Gasteiger partial charge in [0.05, 0.1) is 31.4 Å². The van der Waals surface area contributed by atoms with Crippen molar-refractivity contribution < 1.29 is 28.9 Å². The number of hydrogen-bond acceptors (Lipinski definition) is 6. The molecule has 3 aromatic carbocycles. The zero-order valence-corrected chi connectivity index (χ0v) is 20.6. The van der Waals surface area contributed by atoms with Crippen LogP contribution in [-0.4, -0.2) is 36.6 Å². The third kappa shape index (κ3) is 4.77. The Labute approximate surface area is 210 Å². The molecule has 1 saturated heterocycles. The third-order valence-electron chi connectivity index (χ3n) is 5.78. The molecule has 36 heavy (non-hydrogen) atoms. The average Bonchev–Trinajstić information content (AvgIpc) is 3.16. The topological polar surface area (TPSA) is 85.3 Å². The summed E-state index contributed by atoms with van der Waals surface area (Å²) in [5.41, 5.74) is 1.54. The molecular weight excluding hydrogens is 458 g/mol. The van der Waals surface area contributed by atoms with Crippen molar-refractivity contribution >= 4 is 23.1 Å². The molecule has 1 N–H and O–H groups in total. The molecule has 1 atom stereocenters. The number of ketones is 1. The van der Waals surface area contributed by atoms with E-state index in [2.05, 4.69) is 0 Å². The lowest BCUT2D eigenvalue weighted by atomic mass is 9.95. The monoisotopic (exact) mass is 487 g/mol. The molecule has 0 bridgehead atoms. The van der Waals surface area contributed by atoms with Crippen LogP contribution in [0.5, 0.6) is 17.2 Å². The van der Waals surface area contributed by atoms with Gasteiger partial charge in [-0.15, -0.1) is 0 Å². The van der Waals surface area contributed by atoms with E-state index in [0.717, 1.165) is 0 Å². The normalized spacial score (nSPS) is 16.8. The summed E-state index contributed by atoms with van der Waals surface area (Å²) in [6, 6.07) is 20.3. The van der Waals surface area contributed by atoms with E-state index >= 15 is 0 Å². The number of anilines is 1. The van der Waals surface area contributed by atoms with Crippen LogP contribution in [0.15, 0.2) is 78.4 Å². The molecule has 0 radical (unpaired) electrons. The lowest BCUT2D eigenvalue weighted by Gasteiger charge is -2.26. The summed E-state index contributed by atoms with van der Waals surface area (Å²) >= 11 is 0. The number of carbonyl (C=O) groups excluding carboxylic acids is 2. The number of Topliss-reactive ketones (excluding diaryl/α,β-unsaturated/α-hetero) is 1. The predicted octanol–water partition coefficient (Wildman–Crippen LogP) is 5.51. The second-order valence-electron chi connectivity index (χ2n) is 8.04. The zero-order chi connectivity index (χ0) is 25.7. The second kappa shape index (κ2) is 11.0. The molecule has 1 heterocycles. The SMILES string of the molecule is CCOc1cccc(/C(O)=C2\C(=O)C(=O)N(c3ccc(OCC)c(OCC)c3)C2c2ccccc2)c1. The molecule has 0 aromatic heterocycles. The van der Waals surface area contributed by atoms with Crippen LogP contribution in [0.2, 0.25) is 0 Å². The van der Waals surface area contributed by atoms with Crippen molar-refractivity contribution in [3.05, 3.63) is 89.5 Å². The maximum Gasteiger partial charge on any atom is 0.300 e. The first-order valence-electron chi connectivity index (χ1n) is 12.0. The molecular formula is C29H29NO6. The van der Waals surface area contributed by atoms with Crippen LogP contribution in [-0.2, 0) is 9.59 Å². The molecule has 7 nitrogen and oxygen atoms in total. The van der Waals surface area contributed by atoms with Gasteiger partial charge in [0.1, 0.15) is 11.5 Å². The maximum atomic E-state index is 13.4. The van der Waals surface area contributed by atoms with Crippen LogP contribution >= 0.6 is 0 Å². The Bertz CT molecular complexity index is 1280. The molecule has 1 fully saturated rings. The summed E-state index contributed by atoms with van der Waals surface area (Å²) in [7, 11) is 0. The van der Waals surface area contributed by atoms with E-state index in [0.29, 0.717) is 53.9 Å². The Morgan fingerprint density at radius 1 is 0.806 bits per heavy atom. The maximum absolute atomic E-state index is 13.4. The van der Waals surface area contributed by atoms with Gasteiger partial charge in [0, 0.05) is 17.3 Å². The molecule has 0 aliphatic carbocycles. The first-order chi connectivity index (χ1) is 17.5. The molecule has 1 aliphatic rings. The Balaban J connectivity index is 1.89. The van der Waals surface area contributed by atoms with Crippen molar-refractivity contribution in [2.24, 2.45) is 0 Å². The van der Waals surface area contributed by atoms with Gasteiger partial charge in [-0.3, -0.25) is 14.5 Å². The van der Waals surface area contributed by atoms with E-state index in [1.807, 2.05) is 51.1 Å². The number of benzene rings is 3. The Hall–Kier alpha value is -4.26. The fourth-order valence-electron chi connectivity index (χ4n) is 4.29. The van der Waals surface area contributed by atoms with Crippen LogP contribution in [0.3, 0.4) is 0 Å². The lowest BCUT2D eigenvalue weighted by Crippen LogP contribution is -2.29. The fourth-order valence-corrected chi connectivity index (χ4v) is 4.29. The molecule has 186 valence electrons. The van der Waals surface area contributed by atoms with Crippen molar-refractivity contribution in [1.29, 1.82) is 0 Å². The van der Waals surface area contributed by atoms with E-state index in [9.17, 15) is 14.7 Å². The molecule has 7 heteroatoms. The van der Waals surface area contributed by atoms with Gasteiger partial charge in [0.15, 0.2) is 11.5 Å². The minimum atomic E-state index is -0.839. The van der Waals surface area contributed by atoms with Crippen molar-refractivity contribution in [2.75, 3.05) is 24.7 Å². The Morgan fingerprint density at radius 2 is 1.50 bits per heavy atom. The number of amides is 1. The van der Waals surface area contributed by atoms with Gasteiger partial charge < -0.3 is 19.3 Å².